The van der Waals surface area contributed by atoms with Crippen LogP contribution in [0.15, 0.2) is 18.2 Å². The van der Waals surface area contributed by atoms with Crippen molar-refractivity contribution >= 4 is 11.7 Å². The molecule has 23 heavy (non-hydrogen) atoms. The first kappa shape index (κ1) is 15.9. The number of aliphatic hydroxyl groups excluding tert-OH is 1. The average Bonchev–Trinajstić information content (AvgIpc) is 2.79. The van der Waals surface area contributed by atoms with Crippen molar-refractivity contribution in [2.24, 2.45) is 5.92 Å². The van der Waals surface area contributed by atoms with E-state index in [9.17, 15) is 9.90 Å². The summed E-state index contributed by atoms with van der Waals surface area (Å²) in [6, 6.07) is 5.11. The van der Waals surface area contributed by atoms with Crippen molar-refractivity contribution in [1.29, 1.82) is 0 Å². The highest BCUT2D eigenvalue weighted by molar-refractivity contribution is 5.89. The molecule has 1 fully saturated rings. The number of rotatable bonds is 3. The Morgan fingerprint density at radius 3 is 2.74 bits per heavy atom. The molecule has 0 aromatic heterocycles. The third-order valence-electron chi connectivity index (χ3n) is 4.40. The van der Waals surface area contributed by atoms with Crippen molar-refractivity contribution in [3.63, 3.8) is 0 Å². The van der Waals surface area contributed by atoms with Crippen molar-refractivity contribution in [3.8, 4) is 11.5 Å². The minimum Gasteiger partial charge on any atom is -0.490 e. The molecular weight excluding hydrogens is 296 g/mol. The summed E-state index contributed by atoms with van der Waals surface area (Å²) in [5, 5.41) is 15.6. The monoisotopic (exact) mass is 320 g/mol. The van der Waals surface area contributed by atoms with Crippen LogP contribution in [0.3, 0.4) is 0 Å². The van der Waals surface area contributed by atoms with Gasteiger partial charge >= 0.3 is 6.03 Å². The Balaban J connectivity index is 1.52. The summed E-state index contributed by atoms with van der Waals surface area (Å²) in [5.74, 6) is 1.51. The fourth-order valence-corrected chi connectivity index (χ4v) is 3.07. The lowest BCUT2D eigenvalue weighted by atomic mass is 9.86. The van der Waals surface area contributed by atoms with Crippen LogP contribution in [0.5, 0.6) is 11.5 Å². The molecule has 0 saturated heterocycles. The Kier molecular flexibility index (Phi) is 5.23. The summed E-state index contributed by atoms with van der Waals surface area (Å²) in [5.41, 5.74) is 0.663. The maximum atomic E-state index is 12.0. The Bertz CT molecular complexity index is 549. The predicted octanol–water partition coefficient (Wildman–Crippen LogP) is 2.52. The maximum absolute atomic E-state index is 12.0. The topological polar surface area (TPSA) is 79.8 Å². The van der Waals surface area contributed by atoms with Crippen LogP contribution in [0.2, 0.25) is 0 Å². The summed E-state index contributed by atoms with van der Waals surface area (Å²) in [4.78, 5) is 12.0. The molecule has 2 aliphatic rings. The van der Waals surface area contributed by atoms with Gasteiger partial charge in [-0.3, -0.25) is 0 Å². The molecule has 1 aromatic carbocycles. The Hall–Kier alpha value is -1.95. The van der Waals surface area contributed by atoms with Crippen LogP contribution < -0.4 is 20.1 Å². The van der Waals surface area contributed by atoms with Crippen molar-refractivity contribution in [3.05, 3.63) is 18.2 Å². The van der Waals surface area contributed by atoms with E-state index in [1.165, 1.54) is 0 Å². The number of aliphatic hydroxyl groups is 1. The SMILES string of the molecule is O=C(NC[C@@H]1CCCC[C@H]1O)Nc1ccc2c(c1)OCCCO2. The second-order valence-electron chi connectivity index (χ2n) is 6.16. The molecule has 3 rings (SSSR count). The van der Waals surface area contributed by atoms with Gasteiger partial charge in [-0.1, -0.05) is 12.8 Å². The largest absolute Gasteiger partial charge is 0.490 e. The van der Waals surface area contributed by atoms with E-state index in [0.717, 1.165) is 32.1 Å². The zero-order chi connectivity index (χ0) is 16.1. The Morgan fingerprint density at radius 1 is 1.13 bits per heavy atom. The van der Waals surface area contributed by atoms with Crippen LogP contribution in [0.4, 0.5) is 10.5 Å². The van der Waals surface area contributed by atoms with Crippen LogP contribution in [0, 0.1) is 5.92 Å². The summed E-state index contributed by atoms with van der Waals surface area (Å²) in [7, 11) is 0. The first-order valence-electron chi connectivity index (χ1n) is 8.35. The first-order chi connectivity index (χ1) is 11.2. The highest BCUT2D eigenvalue weighted by Crippen LogP contribution is 2.32. The lowest BCUT2D eigenvalue weighted by Gasteiger charge is -2.27. The molecule has 0 radical (unpaired) electrons. The number of carbonyl (C=O) groups is 1. The lowest BCUT2D eigenvalue weighted by Crippen LogP contribution is -2.38. The van der Waals surface area contributed by atoms with Gasteiger partial charge < -0.3 is 25.2 Å². The summed E-state index contributed by atoms with van der Waals surface area (Å²) < 4.78 is 11.2. The summed E-state index contributed by atoms with van der Waals surface area (Å²) in [6.07, 6.45) is 4.53. The van der Waals surface area contributed by atoms with Gasteiger partial charge in [-0.2, -0.15) is 0 Å². The molecule has 1 aliphatic heterocycles. The minimum atomic E-state index is -0.304. The summed E-state index contributed by atoms with van der Waals surface area (Å²) in [6.45, 7) is 1.75. The van der Waals surface area contributed by atoms with Gasteiger partial charge in [0.15, 0.2) is 11.5 Å². The smallest absolute Gasteiger partial charge is 0.319 e. The van der Waals surface area contributed by atoms with Crippen LogP contribution in [0.25, 0.3) is 0 Å². The van der Waals surface area contributed by atoms with E-state index in [4.69, 9.17) is 9.47 Å². The fraction of sp³-hybridized carbons (Fsp3) is 0.588. The van der Waals surface area contributed by atoms with E-state index >= 15 is 0 Å². The Morgan fingerprint density at radius 2 is 1.91 bits per heavy atom. The number of benzene rings is 1. The molecule has 1 saturated carbocycles. The number of carbonyl (C=O) groups excluding carboxylic acids is 1. The van der Waals surface area contributed by atoms with Crippen molar-refractivity contribution in [2.75, 3.05) is 25.1 Å². The van der Waals surface area contributed by atoms with E-state index in [1.807, 2.05) is 0 Å². The van der Waals surface area contributed by atoms with Crippen LogP contribution in [-0.2, 0) is 0 Å². The standard InChI is InChI=1S/C17H24N2O4/c20-14-5-2-1-4-12(14)11-18-17(21)19-13-6-7-15-16(10-13)23-9-3-8-22-15/h6-7,10,12,14,20H,1-5,8-9,11H2,(H2,18,19,21)/t12-,14+/m0/s1. The van der Waals surface area contributed by atoms with Gasteiger partial charge in [0.25, 0.3) is 0 Å². The molecule has 2 atom stereocenters. The van der Waals surface area contributed by atoms with E-state index < -0.39 is 0 Å². The van der Waals surface area contributed by atoms with Gasteiger partial charge in [0, 0.05) is 30.6 Å². The molecule has 0 spiro atoms. The summed E-state index contributed by atoms with van der Waals surface area (Å²) >= 11 is 0. The van der Waals surface area contributed by atoms with Gasteiger partial charge in [0.1, 0.15) is 0 Å². The van der Waals surface area contributed by atoms with Crippen molar-refractivity contribution in [1.82, 2.24) is 5.32 Å². The maximum Gasteiger partial charge on any atom is 0.319 e. The average molecular weight is 320 g/mol. The fourth-order valence-electron chi connectivity index (χ4n) is 3.07. The molecule has 0 unspecified atom stereocenters. The molecule has 3 N–H and O–H groups in total. The molecule has 2 amide bonds. The number of fused-ring (bicyclic) bond motifs is 1. The number of ether oxygens (including phenoxy) is 2. The predicted molar refractivity (Wildman–Crippen MR) is 87.0 cm³/mol. The number of urea groups is 1. The second kappa shape index (κ2) is 7.55. The van der Waals surface area contributed by atoms with Gasteiger partial charge in [-0.05, 0) is 25.0 Å². The Labute approximate surface area is 136 Å². The number of anilines is 1. The van der Waals surface area contributed by atoms with Gasteiger partial charge in [0.05, 0.1) is 19.3 Å². The van der Waals surface area contributed by atoms with Gasteiger partial charge in [0.2, 0.25) is 0 Å². The molecule has 1 aromatic rings. The number of amides is 2. The highest BCUT2D eigenvalue weighted by Gasteiger charge is 2.23. The van der Waals surface area contributed by atoms with Crippen molar-refractivity contribution in [2.45, 2.75) is 38.2 Å². The lowest BCUT2D eigenvalue weighted by molar-refractivity contribution is 0.0712. The second-order valence-corrected chi connectivity index (χ2v) is 6.16. The number of hydrogen-bond acceptors (Lipinski definition) is 4. The molecule has 6 heteroatoms. The zero-order valence-electron chi connectivity index (χ0n) is 13.2. The third kappa shape index (κ3) is 4.28. The minimum absolute atomic E-state index is 0.151. The first-order valence-corrected chi connectivity index (χ1v) is 8.35. The van der Waals surface area contributed by atoms with Gasteiger partial charge in [-0.25, -0.2) is 4.79 Å². The van der Waals surface area contributed by atoms with E-state index in [1.54, 1.807) is 18.2 Å². The third-order valence-corrected chi connectivity index (χ3v) is 4.40. The normalized spacial score (nSPS) is 23.7. The molecular formula is C17H24N2O4. The van der Waals surface area contributed by atoms with Crippen molar-refractivity contribution < 1.29 is 19.4 Å². The molecule has 1 heterocycles. The number of nitrogens with one attached hydrogen (secondary N) is 2. The molecule has 6 nitrogen and oxygen atoms in total. The quantitative estimate of drug-likeness (QED) is 0.799. The van der Waals surface area contributed by atoms with Gasteiger partial charge in [-0.15, -0.1) is 0 Å². The van der Waals surface area contributed by atoms with Crippen LogP contribution in [0.1, 0.15) is 32.1 Å². The molecule has 126 valence electrons. The number of hydrogen-bond donors (Lipinski definition) is 3. The van der Waals surface area contributed by atoms with Crippen LogP contribution in [-0.4, -0.2) is 37.0 Å². The van der Waals surface area contributed by atoms with E-state index in [2.05, 4.69) is 10.6 Å². The molecule has 0 bridgehead atoms. The van der Waals surface area contributed by atoms with E-state index in [-0.39, 0.29) is 18.1 Å². The molecule has 1 aliphatic carbocycles. The van der Waals surface area contributed by atoms with E-state index in [0.29, 0.717) is 36.9 Å². The van der Waals surface area contributed by atoms with Crippen LogP contribution >= 0.6 is 0 Å². The zero-order valence-corrected chi connectivity index (χ0v) is 13.2. The highest BCUT2D eigenvalue weighted by atomic mass is 16.5.